The van der Waals surface area contributed by atoms with Crippen LogP contribution in [0.3, 0.4) is 0 Å². The van der Waals surface area contributed by atoms with Crippen LogP contribution in [0.25, 0.3) is 0 Å². The molecular formula is C6H12N2. The molecule has 0 saturated heterocycles. The van der Waals surface area contributed by atoms with Crippen molar-refractivity contribution in [1.82, 2.24) is 5.01 Å². The summed E-state index contributed by atoms with van der Waals surface area (Å²) >= 11 is 0. The fourth-order valence-electron chi connectivity index (χ4n) is 0.956. The van der Waals surface area contributed by atoms with Crippen LogP contribution in [0.1, 0.15) is 13.3 Å². The van der Waals surface area contributed by atoms with Crippen LogP contribution in [0, 0.1) is 0 Å². The molecular weight excluding hydrogens is 100 g/mol. The van der Waals surface area contributed by atoms with Gasteiger partial charge in [0.05, 0.1) is 0 Å². The minimum absolute atomic E-state index is 0.495. The second-order valence-corrected chi connectivity index (χ2v) is 2.10. The molecule has 0 amide bonds. The van der Waals surface area contributed by atoms with E-state index in [1.165, 1.54) is 0 Å². The van der Waals surface area contributed by atoms with E-state index in [2.05, 4.69) is 19.1 Å². The molecule has 46 valence electrons. The van der Waals surface area contributed by atoms with Gasteiger partial charge < -0.3 is 0 Å². The number of hydrazine groups is 1. The highest BCUT2D eigenvalue weighted by molar-refractivity contribution is 5.01. The first-order valence-corrected chi connectivity index (χ1v) is 3.02. The van der Waals surface area contributed by atoms with Crippen molar-refractivity contribution in [3.8, 4) is 0 Å². The molecule has 0 aromatic carbocycles. The SMILES string of the molecule is CCC1C=CCN1N. The van der Waals surface area contributed by atoms with Crippen molar-refractivity contribution in [3.63, 3.8) is 0 Å². The monoisotopic (exact) mass is 112 g/mol. The third-order valence-electron chi connectivity index (χ3n) is 1.52. The quantitative estimate of drug-likeness (QED) is 0.395. The normalized spacial score (nSPS) is 29.5. The summed E-state index contributed by atoms with van der Waals surface area (Å²) in [4.78, 5) is 0. The van der Waals surface area contributed by atoms with E-state index in [-0.39, 0.29) is 0 Å². The van der Waals surface area contributed by atoms with E-state index < -0.39 is 0 Å². The predicted molar refractivity (Wildman–Crippen MR) is 34.1 cm³/mol. The molecule has 1 aliphatic rings. The number of nitrogens with two attached hydrogens (primary N) is 1. The van der Waals surface area contributed by atoms with E-state index in [0.717, 1.165) is 13.0 Å². The smallest absolute Gasteiger partial charge is 0.0422 e. The molecule has 0 aromatic rings. The van der Waals surface area contributed by atoms with Crippen LogP contribution in [0.15, 0.2) is 12.2 Å². The Kier molecular flexibility index (Phi) is 1.65. The molecule has 2 N–H and O–H groups in total. The van der Waals surface area contributed by atoms with Crippen LogP contribution in [0.5, 0.6) is 0 Å². The molecule has 0 saturated carbocycles. The van der Waals surface area contributed by atoms with Gasteiger partial charge in [-0.1, -0.05) is 19.1 Å². The molecule has 0 fully saturated rings. The Morgan fingerprint density at radius 1 is 1.88 bits per heavy atom. The van der Waals surface area contributed by atoms with Crippen molar-refractivity contribution in [2.75, 3.05) is 6.54 Å². The van der Waals surface area contributed by atoms with Gasteiger partial charge in [-0.05, 0) is 6.42 Å². The molecule has 1 unspecified atom stereocenters. The number of rotatable bonds is 1. The third kappa shape index (κ3) is 0.904. The maximum absolute atomic E-state index is 5.56. The van der Waals surface area contributed by atoms with Gasteiger partial charge in [-0.2, -0.15) is 0 Å². The van der Waals surface area contributed by atoms with E-state index >= 15 is 0 Å². The third-order valence-corrected chi connectivity index (χ3v) is 1.52. The second kappa shape index (κ2) is 2.29. The molecule has 0 aliphatic carbocycles. The Bertz CT molecular complexity index is 98.7. The van der Waals surface area contributed by atoms with Crippen LogP contribution in [0.2, 0.25) is 0 Å². The zero-order chi connectivity index (χ0) is 5.98. The van der Waals surface area contributed by atoms with E-state index in [4.69, 9.17) is 5.84 Å². The first kappa shape index (κ1) is 5.79. The standard InChI is InChI=1S/C6H12N2/c1-2-6-4-3-5-8(6)7/h3-4,6H,2,5,7H2,1H3. The van der Waals surface area contributed by atoms with Crippen molar-refractivity contribution in [3.05, 3.63) is 12.2 Å². The summed E-state index contributed by atoms with van der Waals surface area (Å²) in [5.41, 5.74) is 0. The molecule has 1 rings (SSSR count). The Balaban J connectivity index is 2.41. The van der Waals surface area contributed by atoms with Gasteiger partial charge in [0, 0.05) is 12.6 Å². The van der Waals surface area contributed by atoms with Crippen molar-refractivity contribution in [2.45, 2.75) is 19.4 Å². The summed E-state index contributed by atoms with van der Waals surface area (Å²) in [6, 6.07) is 0.495. The van der Waals surface area contributed by atoms with E-state index in [1.54, 1.807) is 0 Å². The van der Waals surface area contributed by atoms with Gasteiger partial charge in [0.15, 0.2) is 0 Å². The van der Waals surface area contributed by atoms with E-state index in [1.807, 2.05) is 5.01 Å². The summed E-state index contributed by atoms with van der Waals surface area (Å²) in [5.74, 6) is 5.56. The lowest BCUT2D eigenvalue weighted by atomic mass is 10.2. The van der Waals surface area contributed by atoms with Gasteiger partial charge in [0.1, 0.15) is 0 Å². The summed E-state index contributed by atoms with van der Waals surface area (Å²) in [7, 11) is 0. The van der Waals surface area contributed by atoms with Crippen molar-refractivity contribution >= 4 is 0 Å². The van der Waals surface area contributed by atoms with E-state index in [9.17, 15) is 0 Å². The molecule has 0 bridgehead atoms. The minimum atomic E-state index is 0.495. The lowest BCUT2D eigenvalue weighted by Crippen LogP contribution is -2.35. The van der Waals surface area contributed by atoms with Crippen molar-refractivity contribution in [1.29, 1.82) is 0 Å². The Morgan fingerprint density at radius 2 is 2.62 bits per heavy atom. The summed E-state index contributed by atoms with van der Waals surface area (Å²) in [6.07, 6.45) is 5.38. The molecule has 8 heavy (non-hydrogen) atoms. The molecule has 0 spiro atoms. The fourth-order valence-corrected chi connectivity index (χ4v) is 0.956. The first-order chi connectivity index (χ1) is 3.84. The molecule has 2 nitrogen and oxygen atoms in total. The summed E-state index contributed by atoms with van der Waals surface area (Å²) in [6.45, 7) is 3.05. The molecule has 1 aliphatic heterocycles. The highest BCUT2D eigenvalue weighted by Gasteiger charge is 2.12. The average Bonchev–Trinajstić information content (AvgIpc) is 2.14. The molecule has 1 heterocycles. The molecule has 1 atom stereocenters. The molecule has 0 radical (unpaired) electrons. The van der Waals surface area contributed by atoms with Crippen LogP contribution in [-0.2, 0) is 0 Å². The van der Waals surface area contributed by atoms with Crippen LogP contribution >= 0.6 is 0 Å². The maximum Gasteiger partial charge on any atom is 0.0422 e. The highest BCUT2D eigenvalue weighted by atomic mass is 15.4. The van der Waals surface area contributed by atoms with Gasteiger partial charge in [0.25, 0.3) is 0 Å². The number of hydrogen-bond acceptors (Lipinski definition) is 2. The van der Waals surface area contributed by atoms with E-state index in [0.29, 0.717) is 6.04 Å². The van der Waals surface area contributed by atoms with Crippen molar-refractivity contribution in [2.24, 2.45) is 5.84 Å². The van der Waals surface area contributed by atoms with Crippen LogP contribution < -0.4 is 5.84 Å². The van der Waals surface area contributed by atoms with Crippen LogP contribution in [0.4, 0.5) is 0 Å². The topological polar surface area (TPSA) is 29.3 Å². The Morgan fingerprint density at radius 3 is 2.88 bits per heavy atom. The van der Waals surface area contributed by atoms with Crippen LogP contribution in [-0.4, -0.2) is 17.6 Å². The Hall–Kier alpha value is -0.340. The summed E-state index contributed by atoms with van der Waals surface area (Å²) < 4.78 is 0. The lowest BCUT2D eigenvalue weighted by Gasteiger charge is -2.15. The molecule has 2 heteroatoms. The van der Waals surface area contributed by atoms with Gasteiger partial charge in [-0.25, -0.2) is 5.01 Å². The molecule has 0 aromatic heterocycles. The van der Waals surface area contributed by atoms with Crippen molar-refractivity contribution < 1.29 is 0 Å². The van der Waals surface area contributed by atoms with Gasteiger partial charge in [-0.3, -0.25) is 5.84 Å². The predicted octanol–water partition coefficient (Wildman–Crippen LogP) is 0.511. The van der Waals surface area contributed by atoms with Gasteiger partial charge in [-0.15, -0.1) is 0 Å². The zero-order valence-corrected chi connectivity index (χ0v) is 5.17. The average molecular weight is 112 g/mol. The highest BCUT2D eigenvalue weighted by Crippen LogP contribution is 2.06. The maximum atomic E-state index is 5.56. The number of hydrogen-bond donors (Lipinski definition) is 1. The van der Waals surface area contributed by atoms with Gasteiger partial charge >= 0.3 is 0 Å². The fraction of sp³-hybridized carbons (Fsp3) is 0.667. The lowest BCUT2D eigenvalue weighted by molar-refractivity contribution is 0.276. The number of nitrogens with zero attached hydrogens (tertiary/aromatic N) is 1. The zero-order valence-electron chi connectivity index (χ0n) is 5.17. The summed E-state index contributed by atoms with van der Waals surface area (Å²) in [5, 5.41) is 1.85. The first-order valence-electron chi connectivity index (χ1n) is 3.02. The Labute approximate surface area is 49.9 Å². The minimum Gasteiger partial charge on any atom is -0.268 e. The van der Waals surface area contributed by atoms with Gasteiger partial charge in [0.2, 0.25) is 0 Å². The second-order valence-electron chi connectivity index (χ2n) is 2.10. The largest absolute Gasteiger partial charge is 0.268 e.